The molecular formula is C7H11N5O3. The van der Waals surface area contributed by atoms with Crippen LogP contribution < -0.4 is 27.0 Å². The van der Waals surface area contributed by atoms with Crippen molar-refractivity contribution in [2.45, 2.75) is 12.3 Å². The Morgan fingerprint density at radius 3 is 1.60 bits per heavy atom. The molecule has 0 aromatic heterocycles. The third-order valence-corrected chi connectivity index (χ3v) is 1.68. The van der Waals surface area contributed by atoms with Crippen molar-refractivity contribution in [3.8, 4) is 0 Å². The number of hydrogen-bond acceptors (Lipinski definition) is 3. The number of carbonyl (C=O) groups is 3. The first-order valence-electron chi connectivity index (χ1n) is 4.09. The lowest BCUT2D eigenvalue weighted by Gasteiger charge is -2.02. The van der Waals surface area contributed by atoms with Gasteiger partial charge in [0.2, 0.25) is 5.91 Å². The lowest BCUT2D eigenvalue weighted by Crippen LogP contribution is -2.39. The SMILES string of the molecule is C=CC(N)=O.O=C1NC2NC(=O)NC2N1. The van der Waals surface area contributed by atoms with Gasteiger partial charge in [0.25, 0.3) is 0 Å². The lowest BCUT2D eigenvalue weighted by molar-refractivity contribution is -0.113. The van der Waals surface area contributed by atoms with E-state index in [4.69, 9.17) is 0 Å². The fourth-order valence-electron chi connectivity index (χ4n) is 1.05. The molecule has 5 amide bonds. The number of hydrogen-bond donors (Lipinski definition) is 5. The van der Waals surface area contributed by atoms with Crippen LogP contribution in [-0.2, 0) is 4.79 Å². The second-order valence-corrected chi connectivity index (χ2v) is 2.80. The molecule has 6 N–H and O–H groups in total. The molecule has 82 valence electrons. The van der Waals surface area contributed by atoms with Crippen LogP contribution in [0, 0.1) is 0 Å². The molecule has 0 unspecified atom stereocenters. The number of rotatable bonds is 1. The van der Waals surface area contributed by atoms with Crippen LogP contribution in [0.2, 0.25) is 0 Å². The average molecular weight is 213 g/mol. The molecule has 0 spiro atoms. The van der Waals surface area contributed by atoms with Gasteiger partial charge in [0.15, 0.2) is 0 Å². The van der Waals surface area contributed by atoms with Crippen LogP contribution in [0.1, 0.15) is 0 Å². The molecule has 8 nitrogen and oxygen atoms in total. The van der Waals surface area contributed by atoms with Crippen LogP contribution in [0.15, 0.2) is 12.7 Å². The van der Waals surface area contributed by atoms with Gasteiger partial charge in [-0.1, -0.05) is 6.58 Å². The first-order valence-corrected chi connectivity index (χ1v) is 4.09. The van der Waals surface area contributed by atoms with E-state index in [0.717, 1.165) is 6.08 Å². The Bertz CT molecular complexity index is 278. The fourth-order valence-corrected chi connectivity index (χ4v) is 1.05. The van der Waals surface area contributed by atoms with E-state index in [2.05, 4.69) is 33.6 Å². The normalized spacial score (nSPS) is 25.9. The van der Waals surface area contributed by atoms with Crippen molar-refractivity contribution >= 4 is 18.0 Å². The summed E-state index contributed by atoms with van der Waals surface area (Å²) >= 11 is 0. The number of amides is 5. The fraction of sp³-hybridized carbons (Fsp3) is 0.286. The summed E-state index contributed by atoms with van der Waals surface area (Å²) in [6, 6.07) is -0.523. The summed E-state index contributed by atoms with van der Waals surface area (Å²) in [4.78, 5) is 30.6. The smallest absolute Gasteiger partial charge is 0.318 e. The zero-order valence-corrected chi connectivity index (χ0v) is 7.74. The van der Waals surface area contributed by atoms with Crippen molar-refractivity contribution in [3.05, 3.63) is 12.7 Å². The molecule has 8 heteroatoms. The van der Waals surface area contributed by atoms with Gasteiger partial charge in [-0.2, -0.15) is 0 Å². The maximum atomic E-state index is 10.5. The van der Waals surface area contributed by atoms with Crippen molar-refractivity contribution < 1.29 is 14.4 Å². The number of carbonyl (C=O) groups excluding carboxylic acids is 3. The molecule has 0 aromatic rings. The van der Waals surface area contributed by atoms with Crippen LogP contribution in [-0.4, -0.2) is 30.3 Å². The third-order valence-electron chi connectivity index (χ3n) is 1.68. The molecule has 15 heavy (non-hydrogen) atoms. The number of nitrogens with one attached hydrogen (secondary N) is 4. The van der Waals surface area contributed by atoms with Gasteiger partial charge in [0, 0.05) is 0 Å². The van der Waals surface area contributed by atoms with Crippen LogP contribution in [0.4, 0.5) is 9.59 Å². The van der Waals surface area contributed by atoms with E-state index in [1.54, 1.807) is 0 Å². The second kappa shape index (κ2) is 4.31. The summed E-state index contributed by atoms with van der Waals surface area (Å²) < 4.78 is 0. The third kappa shape index (κ3) is 2.86. The molecule has 0 radical (unpaired) electrons. The van der Waals surface area contributed by atoms with Crippen LogP contribution in [0.5, 0.6) is 0 Å². The Labute approximate surface area is 85.3 Å². The predicted octanol–water partition coefficient (Wildman–Crippen LogP) is -2.08. The van der Waals surface area contributed by atoms with Gasteiger partial charge in [-0.3, -0.25) is 4.79 Å². The Morgan fingerprint density at radius 2 is 1.40 bits per heavy atom. The highest BCUT2D eigenvalue weighted by Gasteiger charge is 2.38. The minimum Gasteiger partial charge on any atom is -0.366 e. The maximum Gasteiger partial charge on any atom is 0.318 e. The van der Waals surface area contributed by atoms with Crippen molar-refractivity contribution in [3.63, 3.8) is 0 Å². The summed E-state index contributed by atoms with van der Waals surface area (Å²) in [5.74, 6) is -0.481. The maximum absolute atomic E-state index is 10.5. The van der Waals surface area contributed by atoms with Crippen molar-refractivity contribution in [2.24, 2.45) is 5.73 Å². The summed E-state index contributed by atoms with van der Waals surface area (Å²) in [5, 5.41) is 10.0. The standard InChI is InChI=1S/C4H6N4O2.C3H5NO/c9-3-5-1-2(7-3)8-4(10)6-1;1-2-3(4)5/h1-2H,(H2,5,7,9)(H2,6,8,10);2H,1H2,(H2,4,5). The minimum absolute atomic E-state index is 0.262. The van der Waals surface area contributed by atoms with E-state index in [1.807, 2.05) is 0 Å². The number of primary amides is 1. The average Bonchev–Trinajstić information content (AvgIpc) is 2.61. The monoisotopic (exact) mass is 213 g/mol. The first-order chi connectivity index (χ1) is 7.02. The van der Waals surface area contributed by atoms with Crippen LogP contribution in [0.25, 0.3) is 0 Å². The van der Waals surface area contributed by atoms with Gasteiger partial charge in [-0.25, -0.2) is 9.59 Å². The minimum atomic E-state index is -0.481. The topological polar surface area (TPSA) is 125 Å². The number of fused-ring (bicyclic) bond motifs is 1. The van der Waals surface area contributed by atoms with E-state index < -0.39 is 5.91 Å². The molecule has 2 saturated heterocycles. The summed E-state index contributed by atoms with van der Waals surface area (Å²) in [5.41, 5.74) is 4.53. The summed E-state index contributed by atoms with van der Waals surface area (Å²) in [6.45, 7) is 3.09. The number of nitrogens with two attached hydrogens (primary N) is 1. The van der Waals surface area contributed by atoms with E-state index in [-0.39, 0.29) is 24.4 Å². The molecule has 0 atom stereocenters. The zero-order chi connectivity index (χ0) is 11.4. The molecule has 0 aliphatic carbocycles. The summed E-state index contributed by atoms with van der Waals surface area (Å²) in [6.07, 6.45) is 0.472. The van der Waals surface area contributed by atoms with E-state index >= 15 is 0 Å². The molecular weight excluding hydrogens is 202 g/mol. The van der Waals surface area contributed by atoms with Gasteiger partial charge >= 0.3 is 12.1 Å². The Hall–Kier alpha value is -2.25. The second-order valence-electron chi connectivity index (χ2n) is 2.80. The van der Waals surface area contributed by atoms with Crippen molar-refractivity contribution in [2.75, 3.05) is 0 Å². The largest absolute Gasteiger partial charge is 0.366 e. The highest BCUT2D eigenvalue weighted by Crippen LogP contribution is 2.00. The zero-order valence-electron chi connectivity index (χ0n) is 7.74. The van der Waals surface area contributed by atoms with Crippen LogP contribution >= 0.6 is 0 Å². The highest BCUT2D eigenvalue weighted by molar-refractivity contribution is 5.85. The molecule has 0 saturated carbocycles. The lowest BCUT2D eigenvalue weighted by atomic mass is 10.4. The Balaban J connectivity index is 0.000000195. The van der Waals surface area contributed by atoms with Crippen LogP contribution in [0.3, 0.4) is 0 Å². The van der Waals surface area contributed by atoms with E-state index in [9.17, 15) is 14.4 Å². The first kappa shape index (κ1) is 10.8. The molecule has 2 heterocycles. The number of urea groups is 2. The van der Waals surface area contributed by atoms with E-state index in [0.29, 0.717) is 0 Å². The van der Waals surface area contributed by atoms with Gasteiger partial charge in [0.1, 0.15) is 12.3 Å². The van der Waals surface area contributed by atoms with Crippen molar-refractivity contribution in [1.82, 2.24) is 21.3 Å². The summed E-state index contributed by atoms with van der Waals surface area (Å²) in [7, 11) is 0. The quantitative estimate of drug-likeness (QED) is 0.321. The van der Waals surface area contributed by atoms with Crippen molar-refractivity contribution in [1.29, 1.82) is 0 Å². The molecule has 2 aliphatic heterocycles. The Kier molecular flexibility index (Phi) is 3.11. The predicted molar refractivity (Wildman–Crippen MR) is 50.3 cm³/mol. The Morgan fingerprint density at radius 1 is 1.13 bits per heavy atom. The van der Waals surface area contributed by atoms with E-state index in [1.165, 1.54) is 0 Å². The van der Waals surface area contributed by atoms with Gasteiger partial charge in [-0.05, 0) is 6.08 Å². The molecule has 0 aromatic carbocycles. The molecule has 2 fully saturated rings. The van der Waals surface area contributed by atoms with Gasteiger partial charge in [0.05, 0.1) is 0 Å². The van der Waals surface area contributed by atoms with Gasteiger partial charge in [-0.15, -0.1) is 0 Å². The molecule has 2 rings (SSSR count). The molecule has 0 bridgehead atoms. The van der Waals surface area contributed by atoms with Gasteiger partial charge < -0.3 is 27.0 Å². The molecule has 2 aliphatic rings. The highest BCUT2D eigenvalue weighted by atomic mass is 16.2.